The Morgan fingerprint density at radius 1 is 1.17 bits per heavy atom. The summed E-state index contributed by atoms with van der Waals surface area (Å²) in [4.78, 5) is 17.4. The molecule has 1 amide bonds. The molecule has 6 nitrogen and oxygen atoms in total. The molecule has 1 fully saturated rings. The second kappa shape index (κ2) is 7.73. The number of para-hydroxylation sites is 2. The highest BCUT2D eigenvalue weighted by atomic mass is 16.5. The Balaban J connectivity index is 1.46. The molecular weight excluding hydrogens is 366 g/mol. The van der Waals surface area contributed by atoms with Gasteiger partial charge in [-0.3, -0.25) is 4.79 Å². The Bertz CT molecular complexity index is 876. The van der Waals surface area contributed by atoms with Gasteiger partial charge in [-0.25, -0.2) is 0 Å². The summed E-state index contributed by atoms with van der Waals surface area (Å²) < 4.78 is 11.0. The predicted octanol–water partition coefficient (Wildman–Crippen LogP) is 3.80. The number of anilines is 1. The third-order valence-corrected chi connectivity index (χ3v) is 6.46. The SMILES string of the molecule is COc1ccccc1N1CCN(C(=O)c2noc3c2CC(C(C)(C)C)CC3)CC1. The molecule has 4 rings (SSSR count). The maximum atomic E-state index is 13.2. The lowest BCUT2D eigenvalue weighted by atomic mass is 9.71. The molecule has 1 atom stereocenters. The Hall–Kier alpha value is -2.50. The molecule has 2 aromatic rings. The first-order valence-electron chi connectivity index (χ1n) is 10.5. The van der Waals surface area contributed by atoms with Crippen LogP contribution in [0.1, 0.15) is 49.0 Å². The molecule has 0 bridgehead atoms. The average Bonchev–Trinajstić information content (AvgIpc) is 3.16. The first-order valence-corrected chi connectivity index (χ1v) is 10.5. The van der Waals surface area contributed by atoms with E-state index in [1.165, 1.54) is 0 Å². The van der Waals surface area contributed by atoms with Gasteiger partial charge in [0.15, 0.2) is 5.69 Å². The second-order valence-corrected chi connectivity index (χ2v) is 9.19. The highest BCUT2D eigenvalue weighted by molar-refractivity contribution is 5.94. The van der Waals surface area contributed by atoms with Crippen LogP contribution in [0.2, 0.25) is 0 Å². The van der Waals surface area contributed by atoms with Crippen LogP contribution in [0.15, 0.2) is 28.8 Å². The first-order chi connectivity index (χ1) is 13.9. The fraction of sp³-hybridized carbons (Fsp3) is 0.565. The number of piperazine rings is 1. The first kappa shape index (κ1) is 19.8. The van der Waals surface area contributed by atoms with Crippen molar-refractivity contribution in [1.29, 1.82) is 0 Å². The maximum absolute atomic E-state index is 13.2. The van der Waals surface area contributed by atoms with Crippen LogP contribution < -0.4 is 9.64 Å². The minimum absolute atomic E-state index is 0.00392. The average molecular weight is 398 g/mol. The van der Waals surface area contributed by atoms with Crippen LogP contribution >= 0.6 is 0 Å². The monoisotopic (exact) mass is 397 g/mol. The van der Waals surface area contributed by atoms with Crippen LogP contribution in [0.5, 0.6) is 5.75 Å². The topological polar surface area (TPSA) is 58.8 Å². The van der Waals surface area contributed by atoms with Gasteiger partial charge in [-0.05, 0) is 36.3 Å². The molecule has 0 saturated carbocycles. The second-order valence-electron chi connectivity index (χ2n) is 9.19. The number of amides is 1. The zero-order valence-electron chi connectivity index (χ0n) is 17.9. The van der Waals surface area contributed by atoms with Crippen LogP contribution in [0.4, 0.5) is 5.69 Å². The van der Waals surface area contributed by atoms with Gasteiger partial charge in [-0.2, -0.15) is 0 Å². The van der Waals surface area contributed by atoms with Crippen molar-refractivity contribution in [3.63, 3.8) is 0 Å². The molecule has 1 aromatic heterocycles. The molecular formula is C23H31N3O3. The zero-order valence-corrected chi connectivity index (χ0v) is 17.9. The summed E-state index contributed by atoms with van der Waals surface area (Å²) in [5, 5.41) is 4.19. The fourth-order valence-corrected chi connectivity index (χ4v) is 4.50. The lowest BCUT2D eigenvalue weighted by molar-refractivity contribution is 0.0734. The summed E-state index contributed by atoms with van der Waals surface area (Å²) in [5.74, 6) is 2.32. The number of carbonyl (C=O) groups is 1. The van der Waals surface area contributed by atoms with E-state index in [2.05, 4.69) is 36.9 Å². The van der Waals surface area contributed by atoms with Gasteiger partial charge in [0.2, 0.25) is 0 Å². The summed E-state index contributed by atoms with van der Waals surface area (Å²) >= 11 is 0. The zero-order chi connectivity index (χ0) is 20.6. The molecule has 1 unspecified atom stereocenters. The third kappa shape index (κ3) is 3.85. The van der Waals surface area contributed by atoms with Gasteiger partial charge in [-0.15, -0.1) is 0 Å². The number of carbonyl (C=O) groups excluding carboxylic acids is 1. The number of nitrogens with zero attached hydrogens (tertiary/aromatic N) is 3. The molecule has 1 saturated heterocycles. The van der Waals surface area contributed by atoms with Crippen molar-refractivity contribution in [3.8, 4) is 5.75 Å². The summed E-state index contributed by atoms with van der Waals surface area (Å²) in [6.07, 6.45) is 2.85. The van der Waals surface area contributed by atoms with Crippen molar-refractivity contribution in [2.24, 2.45) is 11.3 Å². The van der Waals surface area contributed by atoms with E-state index in [0.29, 0.717) is 24.7 Å². The van der Waals surface area contributed by atoms with Gasteiger partial charge in [0, 0.05) is 38.2 Å². The summed E-state index contributed by atoms with van der Waals surface area (Å²) in [5.41, 5.74) is 2.86. The van der Waals surface area contributed by atoms with E-state index in [9.17, 15) is 4.79 Å². The number of hydrogen-bond acceptors (Lipinski definition) is 5. The van der Waals surface area contributed by atoms with E-state index < -0.39 is 0 Å². The molecule has 156 valence electrons. The largest absolute Gasteiger partial charge is 0.495 e. The summed E-state index contributed by atoms with van der Waals surface area (Å²) in [7, 11) is 1.69. The van der Waals surface area contributed by atoms with Gasteiger partial charge in [-0.1, -0.05) is 38.1 Å². The number of rotatable bonds is 3. The van der Waals surface area contributed by atoms with Crippen molar-refractivity contribution >= 4 is 11.6 Å². The molecule has 1 aliphatic carbocycles. The minimum atomic E-state index is 0.00392. The summed E-state index contributed by atoms with van der Waals surface area (Å²) in [6.45, 7) is 9.70. The molecule has 0 radical (unpaired) electrons. The lowest BCUT2D eigenvalue weighted by Crippen LogP contribution is -2.49. The van der Waals surface area contributed by atoms with Crippen molar-refractivity contribution in [2.75, 3.05) is 38.2 Å². The fourth-order valence-electron chi connectivity index (χ4n) is 4.50. The van der Waals surface area contributed by atoms with Crippen LogP contribution in [0, 0.1) is 11.3 Å². The number of fused-ring (bicyclic) bond motifs is 1. The quantitative estimate of drug-likeness (QED) is 0.789. The molecule has 0 spiro atoms. The van der Waals surface area contributed by atoms with Crippen LogP contribution in [-0.2, 0) is 12.8 Å². The molecule has 2 aliphatic rings. The molecule has 6 heteroatoms. The van der Waals surface area contributed by atoms with Gasteiger partial charge < -0.3 is 19.1 Å². The van der Waals surface area contributed by atoms with Gasteiger partial charge in [0.05, 0.1) is 12.8 Å². The standard InChI is InChI=1S/C23H31N3O3/c1-23(2,3)16-9-10-19-17(15-16)21(24-29-19)22(27)26-13-11-25(12-14-26)18-7-5-6-8-20(18)28-4/h5-8,16H,9-15H2,1-4H3. The molecule has 0 N–H and O–H groups in total. The van der Waals surface area contributed by atoms with E-state index in [-0.39, 0.29) is 11.3 Å². The normalized spacial score (nSPS) is 19.8. The number of ether oxygens (including phenoxy) is 1. The molecule has 1 aliphatic heterocycles. The van der Waals surface area contributed by atoms with Crippen molar-refractivity contribution < 1.29 is 14.1 Å². The van der Waals surface area contributed by atoms with E-state index >= 15 is 0 Å². The maximum Gasteiger partial charge on any atom is 0.276 e. The lowest BCUT2D eigenvalue weighted by Gasteiger charge is -2.36. The Morgan fingerprint density at radius 2 is 1.90 bits per heavy atom. The number of hydrogen-bond donors (Lipinski definition) is 0. The molecule has 2 heterocycles. The highest BCUT2D eigenvalue weighted by Crippen LogP contribution is 2.38. The number of benzene rings is 1. The van der Waals surface area contributed by atoms with Crippen molar-refractivity contribution in [1.82, 2.24) is 10.1 Å². The van der Waals surface area contributed by atoms with Gasteiger partial charge in [0.1, 0.15) is 11.5 Å². The molecule has 29 heavy (non-hydrogen) atoms. The third-order valence-electron chi connectivity index (χ3n) is 6.46. The van der Waals surface area contributed by atoms with E-state index in [4.69, 9.17) is 9.26 Å². The minimum Gasteiger partial charge on any atom is -0.495 e. The summed E-state index contributed by atoms with van der Waals surface area (Å²) in [6, 6.07) is 8.03. The van der Waals surface area contributed by atoms with Crippen molar-refractivity contribution in [2.45, 2.75) is 40.0 Å². The number of aromatic nitrogens is 1. The number of aryl methyl sites for hydroxylation is 1. The highest BCUT2D eigenvalue weighted by Gasteiger charge is 2.35. The van der Waals surface area contributed by atoms with Crippen LogP contribution in [-0.4, -0.2) is 49.3 Å². The van der Waals surface area contributed by atoms with Crippen LogP contribution in [0.3, 0.4) is 0 Å². The molecule has 1 aromatic carbocycles. The van der Waals surface area contributed by atoms with Crippen molar-refractivity contribution in [3.05, 3.63) is 41.3 Å². The van der Waals surface area contributed by atoms with Gasteiger partial charge in [0.25, 0.3) is 5.91 Å². The Kier molecular flexibility index (Phi) is 5.28. The predicted molar refractivity (Wildman–Crippen MR) is 113 cm³/mol. The van der Waals surface area contributed by atoms with Gasteiger partial charge >= 0.3 is 0 Å². The van der Waals surface area contributed by atoms with E-state index in [1.54, 1.807) is 7.11 Å². The van der Waals surface area contributed by atoms with E-state index in [0.717, 1.165) is 55.1 Å². The number of methoxy groups -OCH3 is 1. The van der Waals surface area contributed by atoms with Crippen LogP contribution in [0.25, 0.3) is 0 Å². The van der Waals surface area contributed by atoms with E-state index in [1.807, 2.05) is 23.1 Å². The smallest absolute Gasteiger partial charge is 0.276 e. The Morgan fingerprint density at radius 3 is 2.59 bits per heavy atom. The Labute approximate surface area is 172 Å².